The molecule has 3 N–H and O–H groups in total. The number of carbonyl (C=O) groups excluding carboxylic acids is 1. The molecule has 3 heterocycles. The van der Waals surface area contributed by atoms with E-state index in [0.29, 0.717) is 23.2 Å². The second-order valence-corrected chi connectivity index (χ2v) is 7.15. The van der Waals surface area contributed by atoms with E-state index in [1.807, 2.05) is 0 Å². The van der Waals surface area contributed by atoms with Crippen LogP contribution in [0.15, 0.2) is 6.20 Å². The number of hydrogen-bond donors (Lipinski definition) is 2. The molecule has 138 valence electrons. The average molecular weight is 347 g/mol. The lowest BCUT2D eigenvalue weighted by Gasteiger charge is -2.31. The Hall–Kier alpha value is -1.73. The van der Waals surface area contributed by atoms with Crippen molar-refractivity contribution < 1.29 is 9.53 Å². The van der Waals surface area contributed by atoms with Crippen LogP contribution in [0.25, 0.3) is 0 Å². The normalized spacial score (nSPS) is 25.2. The monoisotopic (exact) mass is 347 g/mol. The van der Waals surface area contributed by atoms with E-state index < -0.39 is 0 Å². The van der Waals surface area contributed by atoms with Gasteiger partial charge in [0.2, 0.25) is 5.95 Å². The van der Waals surface area contributed by atoms with Crippen molar-refractivity contribution in [1.29, 1.82) is 0 Å². The predicted octanol–water partition coefficient (Wildman–Crippen LogP) is 1.38. The summed E-state index contributed by atoms with van der Waals surface area (Å²) in [6.07, 6.45) is 5.95. The van der Waals surface area contributed by atoms with Gasteiger partial charge < -0.3 is 15.8 Å². The van der Waals surface area contributed by atoms with Gasteiger partial charge in [0.1, 0.15) is 0 Å². The number of nitrogens with one attached hydrogen (secondary N) is 1. The van der Waals surface area contributed by atoms with Crippen molar-refractivity contribution in [1.82, 2.24) is 20.2 Å². The van der Waals surface area contributed by atoms with Crippen LogP contribution in [0.1, 0.15) is 48.7 Å². The van der Waals surface area contributed by atoms with Gasteiger partial charge in [0.15, 0.2) is 0 Å². The van der Waals surface area contributed by atoms with E-state index in [2.05, 4.69) is 27.1 Å². The van der Waals surface area contributed by atoms with Crippen LogP contribution in [0.4, 0.5) is 5.95 Å². The first kappa shape index (κ1) is 18.1. The van der Waals surface area contributed by atoms with Gasteiger partial charge in [0.25, 0.3) is 5.91 Å². The number of aryl methyl sites for hydroxylation is 1. The van der Waals surface area contributed by atoms with Crippen molar-refractivity contribution in [3.8, 4) is 0 Å². The second kappa shape index (κ2) is 8.10. The highest BCUT2D eigenvalue weighted by Crippen LogP contribution is 2.27. The highest BCUT2D eigenvalue weighted by molar-refractivity contribution is 5.95. The first-order valence-corrected chi connectivity index (χ1v) is 9.30. The molecule has 0 saturated carbocycles. The third-order valence-electron chi connectivity index (χ3n) is 5.40. The number of aromatic nitrogens is 2. The van der Waals surface area contributed by atoms with Crippen molar-refractivity contribution in [3.05, 3.63) is 17.5 Å². The quantitative estimate of drug-likeness (QED) is 0.836. The van der Waals surface area contributed by atoms with E-state index in [4.69, 9.17) is 10.5 Å². The smallest absolute Gasteiger partial charge is 0.254 e. The van der Waals surface area contributed by atoms with Gasteiger partial charge >= 0.3 is 0 Å². The summed E-state index contributed by atoms with van der Waals surface area (Å²) in [4.78, 5) is 23.3. The van der Waals surface area contributed by atoms with E-state index in [0.717, 1.165) is 52.0 Å². The fourth-order valence-corrected chi connectivity index (χ4v) is 4.03. The predicted molar refractivity (Wildman–Crippen MR) is 96.2 cm³/mol. The molecule has 2 aliphatic rings. The molecule has 2 aliphatic heterocycles. The molecule has 3 rings (SSSR count). The Morgan fingerprint density at radius 1 is 1.40 bits per heavy atom. The van der Waals surface area contributed by atoms with Gasteiger partial charge in [-0.2, -0.15) is 0 Å². The zero-order valence-corrected chi connectivity index (χ0v) is 15.2. The molecule has 0 unspecified atom stereocenters. The Morgan fingerprint density at radius 3 is 2.84 bits per heavy atom. The maximum Gasteiger partial charge on any atom is 0.254 e. The van der Waals surface area contributed by atoms with Crippen molar-refractivity contribution in [2.24, 2.45) is 5.92 Å². The third-order valence-corrected chi connectivity index (χ3v) is 5.40. The molecule has 2 fully saturated rings. The molecule has 7 heteroatoms. The summed E-state index contributed by atoms with van der Waals surface area (Å²) in [6, 6.07) is 0.754. The lowest BCUT2D eigenvalue weighted by atomic mass is 9.98. The SMILES string of the molecule is CCC[C@@H]1CN(C2CCOCC2)C[C@H]1NC(=O)c1cnc(N)nc1C. The Kier molecular flexibility index (Phi) is 5.86. The lowest BCUT2D eigenvalue weighted by Crippen LogP contribution is -2.43. The maximum absolute atomic E-state index is 12.7. The van der Waals surface area contributed by atoms with Gasteiger partial charge in [-0.15, -0.1) is 0 Å². The second-order valence-electron chi connectivity index (χ2n) is 7.15. The zero-order chi connectivity index (χ0) is 17.8. The molecule has 7 nitrogen and oxygen atoms in total. The molecule has 2 saturated heterocycles. The Morgan fingerprint density at radius 2 is 2.16 bits per heavy atom. The third kappa shape index (κ3) is 4.27. The van der Waals surface area contributed by atoms with E-state index >= 15 is 0 Å². The van der Waals surface area contributed by atoms with Crippen LogP contribution in [0.2, 0.25) is 0 Å². The van der Waals surface area contributed by atoms with E-state index in [1.165, 1.54) is 6.20 Å². The molecule has 2 atom stereocenters. The van der Waals surface area contributed by atoms with Crippen LogP contribution in [-0.2, 0) is 4.74 Å². The fourth-order valence-electron chi connectivity index (χ4n) is 4.03. The van der Waals surface area contributed by atoms with Gasteiger partial charge in [-0.3, -0.25) is 9.69 Å². The average Bonchev–Trinajstić information content (AvgIpc) is 2.98. The molecule has 1 aromatic heterocycles. The summed E-state index contributed by atoms with van der Waals surface area (Å²) in [7, 11) is 0. The van der Waals surface area contributed by atoms with Crippen LogP contribution in [0.3, 0.4) is 0 Å². The summed E-state index contributed by atoms with van der Waals surface area (Å²) in [5.41, 5.74) is 6.71. The zero-order valence-electron chi connectivity index (χ0n) is 15.2. The van der Waals surface area contributed by atoms with Crippen molar-refractivity contribution in [2.45, 2.75) is 51.6 Å². The van der Waals surface area contributed by atoms with Gasteiger partial charge in [-0.05, 0) is 32.1 Å². The lowest BCUT2D eigenvalue weighted by molar-refractivity contribution is 0.0405. The highest BCUT2D eigenvalue weighted by atomic mass is 16.5. The standard InChI is InChI=1S/C18H29N5O2/c1-3-4-13-10-23(14-5-7-25-8-6-14)11-16(13)22-17(24)15-9-20-18(19)21-12(15)2/h9,13-14,16H,3-8,10-11H2,1-2H3,(H,22,24)(H2,19,20,21)/t13-,16-/m1/s1. The van der Waals surface area contributed by atoms with Crippen molar-refractivity contribution >= 4 is 11.9 Å². The van der Waals surface area contributed by atoms with Crippen molar-refractivity contribution in [2.75, 3.05) is 32.0 Å². The molecule has 0 aliphatic carbocycles. The van der Waals surface area contributed by atoms with E-state index in [-0.39, 0.29) is 17.9 Å². The van der Waals surface area contributed by atoms with E-state index in [9.17, 15) is 4.79 Å². The minimum Gasteiger partial charge on any atom is -0.381 e. The number of rotatable bonds is 5. The Labute approximate surface area is 149 Å². The molecule has 1 amide bonds. The molecule has 25 heavy (non-hydrogen) atoms. The van der Waals surface area contributed by atoms with Crippen LogP contribution >= 0.6 is 0 Å². The van der Waals surface area contributed by atoms with Gasteiger partial charge in [-0.1, -0.05) is 13.3 Å². The topological polar surface area (TPSA) is 93.4 Å². The number of anilines is 1. The summed E-state index contributed by atoms with van der Waals surface area (Å²) in [6.45, 7) is 7.65. The largest absolute Gasteiger partial charge is 0.381 e. The maximum atomic E-state index is 12.7. The number of nitrogens with two attached hydrogens (primary N) is 1. The van der Waals surface area contributed by atoms with E-state index in [1.54, 1.807) is 6.92 Å². The number of nitrogens with zero attached hydrogens (tertiary/aromatic N) is 3. The number of amides is 1. The van der Waals surface area contributed by atoms with Gasteiger partial charge in [0.05, 0.1) is 11.3 Å². The number of nitrogen functional groups attached to an aromatic ring is 1. The minimum absolute atomic E-state index is 0.0996. The Balaban J connectivity index is 1.67. The molecule has 0 spiro atoms. The first-order valence-electron chi connectivity index (χ1n) is 9.30. The number of likely N-dealkylation sites (tertiary alicyclic amines) is 1. The van der Waals surface area contributed by atoms with Crippen molar-refractivity contribution in [3.63, 3.8) is 0 Å². The van der Waals surface area contributed by atoms with Gasteiger partial charge in [0, 0.05) is 44.6 Å². The first-order chi connectivity index (χ1) is 12.1. The fraction of sp³-hybridized carbons (Fsp3) is 0.722. The minimum atomic E-state index is -0.0996. The molecule has 1 aromatic rings. The number of hydrogen-bond acceptors (Lipinski definition) is 6. The number of carbonyl (C=O) groups is 1. The summed E-state index contributed by atoms with van der Waals surface area (Å²) >= 11 is 0. The molecule has 0 bridgehead atoms. The summed E-state index contributed by atoms with van der Waals surface area (Å²) < 4.78 is 5.49. The highest BCUT2D eigenvalue weighted by Gasteiger charge is 2.37. The molecule has 0 radical (unpaired) electrons. The summed E-state index contributed by atoms with van der Waals surface area (Å²) in [5.74, 6) is 0.591. The molecule has 0 aromatic carbocycles. The number of ether oxygens (including phenoxy) is 1. The molecular weight excluding hydrogens is 318 g/mol. The van der Waals surface area contributed by atoms with Crippen LogP contribution in [0.5, 0.6) is 0 Å². The summed E-state index contributed by atoms with van der Waals surface area (Å²) in [5, 5.41) is 3.23. The van der Waals surface area contributed by atoms with Crippen LogP contribution in [-0.4, -0.2) is 59.2 Å². The molecular formula is C18H29N5O2. The van der Waals surface area contributed by atoms with Gasteiger partial charge in [-0.25, -0.2) is 9.97 Å². The Bertz CT molecular complexity index is 603. The van der Waals surface area contributed by atoms with Crippen LogP contribution < -0.4 is 11.1 Å². The van der Waals surface area contributed by atoms with Crippen LogP contribution in [0, 0.1) is 12.8 Å².